The Morgan fingerprint density at radius 1 is 1.48 bits per heavy atom. The Hall–Kier alpha value is -3.21. The van der Waals surface area contributed by atoms with E-state index in [9.17, 15) is 10.1 Å². The molecule has 0 aliphatic heterocycles. The van der Waals surface area contributed by atoms with Gasteiger partial charge in [-0.1, -0.05) is 0 Å². The molecule has 0 spiro atoms. The maximum Gasteiger partial charge on any atom is 0.154 e. The lowest BCUT2D eigenvalue weighted by Gasteiger charge is -2.20. The number of hydrogen-bond acceptors (Lipinski definition) is 6. The lowest BCUT2D eigenvalue weighted by atomic mass is 9.95. The summed E-state index contributed by atoms with van der Waals surface area (Å²) in [7, 11) is 0. The van der Waals surface area contributed by atoms with Crippen LogP contribution in [0.15, 0.2) is 24.8 Å². The molecule has 0 amide bonds. The van der Waals surface area contributed by atoms with Crippen LogP contribution in [0.3, 0.4) is 0 Å². The van der Waals surface area contributed by atoms with E-state index < -0.39 is 0 Å². The van der Waals surface area contributed by atoms with Gasteiger partial charge in [0.05, 0.1) is 29.8 Å². The van der Waals surface area contributed by atoms with Gasteiger partial charge < -0.3 is 10.7 Å². The van der Waals surface area contributed by atoms with E-state index in [1.165, 1.54) is 6.33 Å². The number of carbonyl (C=O) groups excluding carboxylic acids is 1. The van der Waals surface area contributed by atoms with Crippen LogP contribution < -0.4 is 5.73 Å². The van der Waals surface area contributed by atoms with Gasteiger partial charge in [-0.3, -0.25) is 9.48 Å². The van der Waals surface area contributed by atoms with E-state index in [4.69, 9.17) is 5.73 Å². The SMILES string of the molecule is N#CCC(C1CCCC1=O)n1cc(-c2ncnc3[nH]ccc23)c(N)n1. The van der Waals surface area contributed by atoms with Crippen LogP contribution in [0, 0.1) is 17.2 Å². The summed E-state index contributed by atoms with van der Waals surface area (Å²) in [6.45, 7) is 0. The molecule has 126 valence electrons. The Morgan fingerprint density at radius 3 is 3.12 bits per heavy atom. The standard InChI is InChI=1S/C17H17N7O/c18-6-4-13(10-2-1-3-14(10)25)24-8-12(16(19)23-24)15-11-5-7-20-17(11)22-9-21-15/h5,7-10,13H,1-4H2,(H2,19,23)(H,20,21,22). The largest absolute Gasteiger partial charge is 0.382 e. The Kier molecular flexibility index (Phi) is 3.69. The van der Waals surface area contributed by atoms with Crippen molar-refractivity contribution >= 4 is 22.6 Å². The fourth-order valence-corrected chi connectivity index (χ4v) is 3.61. The summed E-state index contributed by atoms with van der Waals surface area (Å²) in [6, 6.07) is 3.76. The van der Waals surface area contributed by atoms with Crippen LogP contribution in [0.2, 0.25) is 0 Å². The van der Waals surface area contributed by atoms with Gasteiger partial charge in [0.25, 0.3) is 0 Å². The number of hydrogen-bond donors (Lipinski definition) is 2. The lowest BCUT2D eigenvalue weighted by Crippen LogP contribution is -2.23. The van der Waals surface area contributed by atoms with Gasteiger partial charge in [-0.05, 0) is 18.9 Å². The average Bonchev–Trinajstić information content (AvgIpc) is 3.32. The molecule has 2 unspecified atom stereocenters. The number of rotatable bonds is 4. The summed E-state index contributed by atoms with van der Waals surface area (Å²) in [6.07, 6.45) is 7.50. The van der Waals surface area contributed by atoms with E-state index in [2.05, 4.69) is 26.1 Å². The maximum atomic E-state index is 12.2. The van der Waals surface area contributed by atoms with Gasteiger partial charge in [0, 0.05) is 30.1 Å². The Labute approximate surface area is 143 Å². The number of Topliss-reactive ketones (excluding diaryl/α,β-unsaturated/α-hetero) is 1. The molecule has 3 aromatic heterocycles. The average molecular weight is 335 g/mol. The molecule has 1 aliphatic carbocycles. The molecule has 1 aliphatic rings. The molecule has 0 bridgehead atoms. The highest BCUT2D eigenvalue weighted by atomic mass is 16.1. The first-order chi connectivity index (χ1) is 12.2. The third-order valence-corrected chi connectivity index (χ3v) is 4.83. The van der Waals surface area contributed by atoms with Crippen molar-refractivity contribution in [3.8, 4) is 17.3 Å². The van der Waals surface area contributed by atoms with E-state index in [0.717, 1.165) is 23.9 Å². The second kappa shape index (κ2) is 6.02. The molecule has 0 saturated heterocycles. The van der Waals surface area contributed by atoms with Crippen molar-refractivity contribution in [1.29, 1.82) is 5.26 Å². The number of nitrogens with two attached hydrogens (primary N) is 1. The zero-order valence-corrected chi connectivity index (χ0v) is 13.5. The molecule has 4 rings (SSSR count). The predicted molar refractivity (Wildman–Crippen MR) is 91.1 cm³/mol. The van der Waals surface area contributed by atoms with Gasteiger partial charge >= 0.3 is 0 Å². The Balaban J connectivity index is 1.78. The van der Waals surface area contributed by atoms with Crippen LogP contribution in [0.4, 0.5) is 5.82 Å². The molecule has 0 aromatic carbocycles. The number of nitrogen functional groups attached to an aromatic ring is 1. The van der Waals surface area contributed by atoms with Crippen LogP contribution in [-0.4, -0.2) is 30.5 Å². The number of nitrogens with zero attached hydrogens (tertiary/aromatic N) is 5. The first kappa shape index (κ1) is 15.3. The topological polar surface area (TPSA) is 126 Å². The zero-order valence-electron chi connectivity index (χ0n) is 13.5. The number of carbonyl (C=O) groups is 1. The third-order valence-electron chi connectivity index (χ3n) is 4.83. The second-order valence-electron chi connectivity index (χ2n) is 6.26. The molecule has 8 nitrogen and oxygen atoms in total. The third kappa shape index (κ3) is 2.54. The van der Waals surface area contributed by atoms with Crippen molar-refractivity contribution in [2.24, 2.45) is 5.92 Å². The number of H-pyrrole nitrogens is 1. The number of aromatic amines is 1. The number of anilines is 1. The smallest absolute Gasteiger partial charge is 0.154 e. The maximum absolute atomic E-state index is 12.2. The van der Waals surface area contributed by atoms with E-state index in [1.54, 1.807) is 17.1 Å². The predicted octanol–water partition coefficient (Wildman–Crippen LogP) is 2.23. The van der Waals surface area contributed by atoms with Gasteiger partial charge in [-0.25, -0.2) is 9.97 Å². The van der Waals surface area contributed by atoms with E-state index >= 15 is 0 Å². The molecule has 8 heteroatoms. The van der Waals surface area contributed by atoms with Crippen molar-refractivity contribution in [2.45, 2.75) is 31.7 Å². The van der Waals surface area contributed by atoms with Crippen LogP contribution in [0.25, 0.3) is 22.3 Å². The second-order valence-corrected chi connectivity index (χ2v) is 6.26. The van der Waals surface area contributed by atoms with Crippen LogP contribution in [0.1, 0.15) is 31.7 Å². The molecule has 2 atom stereocenters. The molecular weight excluding hydrogens is 318 g/mol. The minimum atomic E-state index is -0.292. The van der Waals surface area contributed by atoms with Crippen LogP contribution >= 0.6 is 0 Å². The van der Waals surface area contributed by atoms with Gasteiger partial charge in [-0.15, -0.1) is 0 Å². The van der Waals surface area contributed by atoms with Crippen LogP contribution in [-0.2, 0) is 4.79 Å². The first-order valence-corrected chi connectivity index (χ1v) is 8.21. The highest BCUT2D eigenvalue weighted by Crippen LogP contribution is 2.36. The summed E-state index contributed by atoms with van der Waals surface area (Å²) in [5.74, 6) is 0.352. The molecular formula is C17H17N7O. The number of nitriles is 1. The van der Waals surface area contributed by atoms with Crippen molar-refractivity contribution in [3.05, 3.63) is 24.8 Å². The molecule has 1 saturated carbocycles. The minimum absolute atomic E-state index is 0.176. The fourth-order valence-electron chi connectivity index (χ4n) is 3.61. The summed E-state index contributed by atoms with van der Waals surface area (Å²) in [5.41, 5.74) is 8.21. The molecule has 1 fully saturated rings. The van der Waals surface area contributed by atoms with Gasteiger partial charge in [-0.2, -0.15) is 10.4 Å². The highest BCUT2D eigenvalue weighted by Gasteiger charge is 2.34. The van der Waals surface area contributed by atoms with E-state index in [0.29, 0.717) is 23.5 Å². The zero-order chi connectivity index (χ0) is 17.4. The van der Waals surface area contributed by atoms with Crippen LogP contribution in [0.5, 0.6) is 0 Å². The van der Waals surface area contributed by atoms with Gasteiger partial charge in [0.1, 0.15) is 17.8 Å². The number of fused-ring (bicyclic) bond motifs is 1. The Morgan fingerprint density at radius 2 is 2.36 bits per heavy atom. The van der Waals surface area contributed by atoms with E-state index in [-0.39, 0.29) is 24.2 Å². The van der Waals surface area contributed by atoms with E-state index in [1.807, 2.05) is 6.07 Å². The summed E-state index contributed by atoms with van der Waals surface area (Å²) in [4.78, 5) is 23.7. The molecule has 3 N–H and O–H groups in total. The quantitative estimate of drug-likeness (QED) is 0.753. The Bertz CT molecular complexity index is 980. The van der Waals surface area contributed by atoms with Crippen molar-refractivity contribution in [1.82, 2.24) is 24.7 Å². The lowest BCUT2D eigenvalue weighted by molar-refractivity contribution is -0.121. The minimum Gasteiger partial charge on any atom is -0.382 e. The summed E-state index contributed by atoms with van der Waals surface area (Å²) in [5, 5.41) is 14.4. The number of ketones is 1. The molecule has 3 heterocycles. The van der Waals surface area contributed by atoms with Crippen molar-refractivity contribution in [3.63, 3.8) is 0 Å². The van der Waals surface area contributed by atoms with Gasteiger partial charge in [0.2, 0.25) is 0 Å². The number of aromatic nitrogens is 5. The van der Waals surface area contributed by atoms with Crippen molar-refractivity contribution < 1.29 is 4.79 Å². The summed E-state index contributed by atoms with van der Waals surface area (Å²) >= 11 is 0. The number of nitrogens with one attached hydrogen (secondary N) is 1. The highest BCUT2D eigenvalue weighted by molar-refractivity contribution is 5.93. The van der Waals surface area contributed by atoms with Gasteiger partial charge in [0.15, 0.2) is 5.82 Å². The molecule has 3 aromatic rings. The molecule has 0 radical (unpaired) electrons. The monoisotopic (exact) mass is 335 g/mol. The first-order valence-electron chi connectivity index (χ1n) is 8.21. The fraction of sp³-hybridized carbons (Fsp3) is 0.353. The summed E-state index contributed by atoms with van der Waals surface area (Å²) < 4.78 is 1.67. The molecule has 25 heavy (non-hydrogen) atoms. The normalized spacial score (nSPS) is 18.5. The van der Waals surface area contributed by atoms with Crippen molar-refractivity contribution in [2.75, 3.05) is 5.73 Å².